The number of pyridine rings is 1. The molecule has 1 N–H and O–H groups in total. The number of aromatic nitrogens is 1. The molecule has 0 aromatic carbocycles. The summed E-state index contributed by atoms with van der Waals surface area (Å²) in [6.07, 6.45) is 3.29. The Morgan fingerprint density at radius 3 is 2.89 bits per heavy atom. The Kier molecular flexibility index (Phi) is 4.23. The van der Waals surface area contributed by atoms with Crippen LogP contribution in [0, 0.1) is 11.8 Å². The van der Waals surface area contributed by atoms with Crippen LogP contribution >= 0.6 is 0 Å². The second-order valence-electron chi connectivity index (χ2n) is 5.58. The first-order valence-corrected chi connectivity index (χ1v) is 7.02. The van der Waals surface area contributed by atoms with E-state index in [2.05, 4.69) is 55.2 Å². The van der Waals surface area contributed by atoms with Gasteiger partial charge >= 0.3 is 0 Å². The molecule has 3 nitrogen and oxygen atoms in total. The van der Waals surface area contributed by atoms with Gasteiger partial charge in [0.2, 0.25) is 0 Å². The molecule has 100 valence electrons. The van der Waals surface area contributed by atoms with Crippen LogP contribution in [-0.2, 0) is 0 Å². The van der Waals surface area contributed by atoms with Crippen LogP contribution in [0.1, 0.15) is 38.8 Å². The van der Waals surface area contributed by atoms with Gasteiger partial charge in [-0.3, -0.25) is 0 Å². The molecule has 1 aromatic heterocycles. The van der Waals surface area contributed by atoms with Crippen LogP contribution in [0.15, 0.2) is 18.3 Å². The van der Waals surface area contributed by atoms with Crippen LogP contribution in [0.4, 0.5) is 5.82 Å². The molecule has 3 heteroatoms. The normalized spacial score (nSPS) is 23.8. The minimum atomic E-state index is 0.394. The Balaban J connectivity index is 2.01. The first-order chi connectivity index (χ1) is 8.61. The Bertz CT molecular complexity index is 391. The zero-order valence-electron chi connectivity index (χ0n) is 12.0. The molecule has 0 amide bonds. The summed E-state index contributed by atoms with van der Waals surface area (Å²) in [5.74, 6) is 2.86. The lowest BCUT2D eigenvalue weighted by Gasteiger charge is -2.20. The molecule has 0 bridgehead atoms. The van der Waals surface area contributed by atoms with E-state index in [9.17, 15) is 0 Å². The molecule has 1 aliphatic carbocycles. The molecule has 2 rings (SSSR count). The molecule has 0 saturated heterocycles. The standard InChI is InChI=1S/C15H25N3/c1-5-16-12(3)13-6-7-17-15(9-13)18(4)10-14-8-11(14)2/h6-7,9,11-12,14,16H,5,8,10H2,1-4H3. The third kappa shape index (κ3) is 3.22. The fourth-order valence-corrected chi connectivity index (χ4v) is 2.44. The minimum absolute atomic E-state index is 0.394. The Morgan fingerprint density at radius 1 is 1.56 bits per heavy atom. The van der Waals surface area contributed by atoms with Gasteiger partial charge in [-0.25, -0.2) is 4.98 Å². The van der Waals surface area contributed by atoms with Crippen molar-refractivity contribution in [2.75, 3.05) is 25.0 Å². The quantitative estimate of drug-likeness (QED) is 0.838. The lowest BCUT2D eigenvalue weighted by molar-refractivity contribution is 0.597. The predicted molar refractivity (Wildman–Crippen MR) is 76.9 cm³/mol. The Labute approximate surface area is 111 Å². The number of hydrogen-bond donors (Lipinski definition) is 1. The summed E-state index contributed by atoms with van der Waals surface area (Å²) >= 11 is 0. The van der Waals surface area contributed by atoms with Gasteiger partial charge in [-0.05, 0) is 49.4 Å². The summed E-state index contributed by atoms with van der Waals surface area (Å²) in [4.78, 5) is 6.77. The highest BCUT2D eigenvalue weighted by Gasteiger charge is 2.33. The summed E-state index contributed by atoms with van der Waals surface area (Å²) in [7, 11) is 2.15. The van der Waals surface area contributed by atoms with Crippen molar-refractivity contribution in [2.45, 2.75) is 33.2 Å². The van der Waals surface area contributed by atoms with Crippen molar-refractivity contribution < 1.29 is 0 Å². The summed E-state index contributed by atoms with van der Waals surface area (Å²) in [6.45, 7) is 8.79. The molecule has 3 unspecified atom stereocenters. The van der Waals surface area contributed by atoms with Gasteiger partial charge in [0.15, 0.2) is 0 Å². The van der Waals surface area contributed by atoms with Crippen LogP contribution in [0.5, 0.6) is 0 Å². The monoisotopic (exact) mass is 247 g/mol. The van der Waals surface area contributed by atoms with Crippen molar-refractivity contribution in [2.24, 2.45) is 11.8 Å². The number of anilines is 1. The molecule has 18 heavy (non-hydrogen) atoms. The molecule has 0 spiro atoms. The van der Waals surface area contributed by atoms with E-state index in [0.717, 1.165) is 30.7 Å². The summed E-state index contributed by atoms with van der Waals surface area (Å²) in [5.41, 5.74) is 1.32. The fourth-order valence-electron chi connectivity index (χ4n) is 2.44. The molecule has 1 saturated carbocycles. The van der Waals surface area contributed by atoms with Crippen molar-refractivity contribution in [3.05, 3.63) is 23.9 Å². The van der Waals surface area contributed by atoms with Crippen LogP contribution in [0.25, 0.3) is 0 Å². The molecule has 1 aliphatic rings. The van der Waals surface area contributed by atoms with Gasteiger partial charge in [-0.1, -0.05) is 13.8 Å². The number of rotatable bonds is 6. The minimum Gasteiger partial charge on any atom is -0.359 e. The van der Waals surface area contributed by atoms with Gasteiger partial charge in [-0.2, -0.15) is 0 Å². The Morgan fingerprint density at radius 2 is 2.28 bits per heavy atom. The third-order valence-corrected chi connectivity index (χ3v) is 3.96. The Hall–Kier alpha value is -1.09. The number of hydrogen-bond acceptors (Lipinski definition) is 3. The fraction of sp³-hybridized carbons (Fsp3) is 0.667. The smallest absolute Gasteiger partial charge is 0.128 e. The maximum absolute atomic E-state index is 4.49. The first kappa shape index (κ1) is 13.3. The predicted octanol–water partition coefficient (Wildman–Crippen LogP) is 2.84. The first-order valence-electron chi connectivity index (χ1n) is 7.02. The van der Waals surface area contributed by atoms with E-state index in [1.54, 1.807) is 0 Å². The third-order valence-electron chi connectivity index (χ3n) is 3.96. The average molecular weight is 247 g/mol. The molecule has 1 fully saturated rings. The SMILES string of the molecule is CCNC(C)c1ccnc(N(C)CC2CC2C)c1. The second-order valence-corrected chi connectivity index (χ2v) is 5.58. The molecular weight excluding hydrogens is 222 g/mol. The highest BCUT2D eigenvalue weighted by atomic mass is 15.2. The van der Waals surface area contributed by atoms with Crippen molar-refractivity contribution in [3.8, 4) is 0 Å². The van der Waals surface area contributed by atoms with E-state index in [0.29, 0.717) is 6.04 Å². The lowest BCUT2D eigenvalue weighted by atomic mass is 10.1. The topological polar surface area (TPSA) is 28.2 Å². The zero-order chi connectivity index (χ0) is 13.1. The largest absolute Gasteiger partial charge is 0.359 e. The van der Waals surface area contributed by atoms with E-state index in [-0.39, 0.29) is 0 Å². The maximum atomic E-state index is 4.49. The summed E-state index contributed by atoms with van der Waals surface area (Å²) < 4.78 is 0. The maximum Gasteiger partial charge on any atom is 0.128 e. The van der Waals surface area contributed by atoms with Crippen molar-refractivity contribution in [1.82, 2.24) is 10.3 Å². The highest BCUT2D eigenvalue weighted by molar-refractivity contribution is 5.41. The highest BCUT2D eigenvalue weighted by Crippen LogP contribution is 2.38. The average Bonchev–Trinajstić information content (AvgIpc) is 3.05. The van der Waals surface area contributed by atoms with Crippen LogP contribution in [0.2, 0.25) is 0 Å². The summed E-state index contributed by atoms with van der Waals surface area (Å²) in [6, 6.07) is 4.70. The van der Waals surface area contributed by atoms with Gasteiger partial charge in [0, 0.05) is 25.8 Å². The number of nitrogens with one attached hydrogen (secondary N) is 1. The van der Waals surface area contributed by atoms with E-state index in [4.69, 9.17) is 0 Å². The molecule has 1 aromatic rings. The van der Waals surface area contributed by atoms with E-state index >= 15 is 0 Å². The molecule has 3 atom stereocenters. The van der Waals surface area contributed by atoms with Gasteiger partial charge < -0.3 is 10.2 Å². The van der Waals surface area contributed by atoms with Crippen LogP contribution in [0.3, 0.4) is 0 Å². The molecule has 1 heterocycles. The van der Waals surface area contributed by atoms with E-state index in [1.165, 1.54) is 12.0 Å². The molecule has 0 aliphatic heterocycles. The number of nitrogens with zero attached hydrogens (tertiary/aromatic N) is 2. The van der Waals surface area contributed by atoms with Crippen LogP contribution < -0.4 is 10.2 Å². The van der Waals surface area contributed by atoms with E-state index in [1.807, 2.05) is 6.20 Å². The van der Waals surface area contributed by atoms with Crippen molar-refractivity contribution >= 4 is 5.82 Å². The zero-order valence-corrected chi connectivity index (χ0v) is 12.0. The summed E-state index contributed by atoms with van der Waals surface area (Å²) in [5, 5.41) is 3.44. The lowest BCUT2D eigenvalue weighted by Crippen LogP contribution is -2.23. The van der Waals surface area contributed by atoms with Gasteiger partial charge in [0.1, 0.15) is 5.82 Å². The van der Waals surface area contributed by atoms with Crippen molar-refractivity contribution in [3.63, 3.8) is 0 Å². The van der Waals surface area contributed by atoms with Gasteiger partial charge in [0.25, 0.3) is 0 Å². The molecular formula is C15H25N3. The van der Waals surface area contributed by atoms with Crippen molar-refractivity contribution in [1.29, 1.82) is 0 Å². The van der Waals surface area contributed by atoms with Gasteiger partial charge in [0.05, 0.1) is 0 Å². The van der Waals surface area contributed by atoms with Gasteiger partial charge in [-0.15, -0.1) is 0 Å². The molecule has 0 radical (unpaired) electrons. The van der Waals surface area contributed by atoms with E-state index < -0.39 is 0 Å². The van der Waals surface area contributed by atoms with Crippen LogP contribution in [-0.4, -0.2) is 25.1 Å². The second kappa shape index (κ2) is 5.70.